The SMILES string of the molecule is COc1ccc(CNCC(C)OC2=C3C(=O)c4c(O)ccc(C#CCNS(C)(=O)=O)c4C[C@H]3CC3CC(O)=C(C(N)=O)C(=O)[C@@]23O)cc1-c1ccc(O)c2c1CC1CC(C/C(O)=C(\C=O)C(N)=O)CC(O)=C1C2=O. The summed E-state index contributed by atoms with van der Waals surface area (Å²) in [5.74, 6) is -4.43. The van der Waals surface area contributed by atoms with Crippen LogP contribution in [0, 0.1) is 35.5 Å². The standard InChI is InChI=1S/C53H54N4O16S/c1-24(73-50-43-29(17-30-20-40(63)46(52(55)68)49(66)53(30,50)69)18-32-27(5-4-12-57-74(3,70)71)7-9-36(59)44(32)48(43)65)21-56-22-25-6-11-41(72-2)33(14-25)31-8-10-37(60)45-34(31)19-28-13-26(16-39(62)42(28)47(45)64)15-38(61)35(23-58)51(54)67/h6-11,14,23-24,26,28-30,56-57,59-63,69H,12-13,15-22H2,1-3H3,(H2,54,67)(H2,55,68)/b38-35-/t24?,26?,28?,29-,30?,53-/m1/s1. The quantitative estimate of drug-likeness (QED) is 0.0261. The molecule has 4 unspecified atom stereocenters. The lowest BCUT2D eigenvalue weighted by Gasteiger charge is -2.47. The second-order valence-electron chi connectivity index (χ2n) is 19.3. The van der Waals surface area contributed by atoms with E-state index in [1.165, 1.54) is 25.3 Å². The summed E-state index contributed by atoms with van der Waals surface area (Å²) in [5.41, 5.74) is 9.52. The van der Waals surface area contributed by atoms with E-state index in [4.69, 9.17) is 20.9 Å². The number of phenolic OH excluding ortho intramolecular Hbond substituents is 2. The lowest BCUT2D eigenvalue weighted by atomic mass is 9.60. The summed E-state index contributed by atoms with van der Waals surface area (Å²) in [6.07, 6.45) is 0.159. The maximum Gasteiger partial charge on any atom is 0.255 e. The normalized spacial score (nSPS) is 23.0. The Balaban J connectivity index is 1.07. The molecule has 0 bridgehead atoms. The van der Waals surface area contributed by atoms with Crippen LogP contribution in [0.15, 0.2) is 87.8 Å². The Morgan fingerprint density at radius 1 is 0.892 bits per heavy atom. The molecule has 3 aromatic rings. The van der Waals surface area contributed by atoms with Gasteiger partial charge in [0, 0.05) is 60.5 Å². The minimum atomic E-state index is -3.56. The van der Waals surface area contributed by atoms with Gasteiger partial charge in [-0.25, -0.2) is 13.1 Å². The number of primary amides is 2. The third kappa shape index (κ3) is 9.64. The van der Waals surface area contributed by atoms with Crippen LogP contribution in [0.25, 0.3) is 11.1 Å². The molecule has 2 amide bonds. The third-order valence-electron chi connectivity index (χ3n) is 14.4. The fourth-order valence-electron chi connectivity index (χ4n) is 11.2. The van der Waals surface area contributed by atoms with Crippen molar-refractivity contribution in [2.45, 2.75) is 70.1 Å². The van der Waals surface area contributed by atoms with Crippen molar-refractivity contribution >= 4 is 45.5 Å². The number of ketones is 3. The number of phenols is 2. The lowest BCUT2D eigenvalue weighted by Crippen LogP contribution is -2.58. The molecule has 74 heavy (non-hydrogen) atoms. The van der Waals surface area contributed by atoms with Gasteiger partial charge < -0.3 is 56.9 Å². The summed E-state index contributed by atoms with van der Waals surface area (Å²) in [7, 11) is -2.09. The number of rotatable bonds is 15. The molecule has 0 aliphatic heterocycles. The number of Topliss-reactive ketones (excluding diaryl/α,β-unsaturated/α-hetero) is 3. The summed E-state index contributed by atoms with van der Waals surface area (Å²) in [4.78, 5) is 78.7. The zero-order valence-corrected chi connectivity index (χ0v) is 41.2. The van der Waals surface area contributed by atoms with Crippen LogP contribution in [-0.2, 0) is 53.3 Å². The second kappa shape index (κ2) is 20.3. The first kappa shape index (κ1) is 52.5. The number of nitrogens with two attached hydrogens (primary N) is 2. The predicted octanol–water partition coefficient (Wildman–Crippen LogP) is 2.96. The number of nitrogens with one attached hydrogen (secondary N) is 2. The van der Waals surface area contributed by atoms with Gasteiger partial charge in [-0.05, 0) is 103 Å². The second-order valence-corrected chi connectivity index (χ2v) is 21.1. The number of aliphatic hydroxyl groups excluding tert-OH is 3. The minimum absolute atomic E-state index is 0.00748. The van der Waals surface area contributed by atoms with Crippen LogP contribution in [0.5, 0.6) is 17.2 Å². The van der Waals surface area contributed by atoms with Crippen LogP contribution in [0.4, 0.5) is 0 Å². The van der Waals surface area contributed by atoms with Gasteiger partial charge in [0.15, 0.2) is 23.5 Å². The third-order valence-corrected chi connectivity index (χ3v) is 15.1. The van der Waals surface area contributed by atoms with E-state index < -0.39 is 109 Å². The van der Waals surface area contributed by atoms with Crippen molar-refractivity contribution in [1.82, 2.24) is 10.0 Å². The first-order chi connectivity index (χ1) is 35.0. The summed E-state index contributed by atoms with van der Waals surface area (Å²) in [6, 6.07) is 11.1. The number of carbonyl (C=O) groups is 6. The number of hydrogen-bond acceptors (Lipinski definition) is 17. The van der Waals surface area contributed by atoms with E-state index in [1.54, 1.807) is 25.1 Å². The van der Waals surface area contributed by atoms with E-state index >= 15 is 0 Å². The largest absolute Gasteiger partial charge is 0.512 e. The van der Waals surface area contributed by atoms with Crippen molar-refractivity contribution in [2.75, 3.05) is 26.5 Å². The van der Waals surface area contributed by atoms with E-state index in [0.717, 1.165) is 6.26 Å². The molecule has 5 aliphatic carbocycles. The fourth-order valence-corrected chi connectivity index (χ4v) is 11.5. The smallest absolute Gasteiger partial charge is 0.255 e. The molecule has 6 atom stereocenters. The monoisotopic (exact) mass is 1030 g/mol. The average Bonchev–Trinajstić information content (AvgIpc) is 3.31. The van der Waals surface area contributed by atoms with Gasteiger partial charge in [-0.2, -0.15) is 0 Å². The van der Waals surface area contributed by atoms with Crippen LogP contribution in [0.2, 0.25) is 0 Å². The number of amides is 2. The number of benzene rings is 3. The van der Waals surface area contributed by atoms with Crippen LogP contribution in [0.3, 0.4) is 0 Å². The number of sulfonamides is 1. The number of aldehydes is 1. The van der Waals surface area contributed by atoms with Crippen LogP contribution in [0.1, 0.15) is 82.0 Å². The number of allylic oxidation sites excluding steroid dienone is 5. The Morgan fingerprint density at radius 2 is 1.55 bits per heavy atom. The Morgan fingerprint density at radius 3 is 2.22 bits per heavy atom. The molecule has 0 aromatic heterocycles. The summed E-state index contributed by atoms with van der Waals surface area (Å²) < 4.78 is 37.7. The Hall–Kier alpha value is -7.77. The Kier molecular flexibility index (Phi) is 14.4. The highest BCUT2D eigenvalue weighted by Gasteiger charge is 2.61. The molecule has 8 rings (SSSR count). The van der Waals surface area contributed by atoms with Crippen molar-refractivity contribution in [2.24, 2.45) is 35.1 Å². The highest BCUT2D eigenvalue weighted by molar-refractivity contribution is 7.88. The number of carbonyl (C=O) groups excluding carboxylic acids is 6. The van der Waals surface area contributed by atoms with Gasteiger partial charge in [0.05, 0.1) is 36.8 Å². The van der Waals surface area contributed by atoms with Gasteiger partial charge in [-0.15, -0.1) is 0 Å². The molecule has 3 aromatic carbocycles. The zero-order valence-electron chi connectivity index (χ0n) is 40.4. The molecule has 0 heterocycles. The first-order valence-electron chi connectivity index (χ1n) is 23.6. The van der Waals surface area contributed by atoms with Gasteiger partial charge in [0.1, 0.15) is 51.8 Å². The first-order valence-corrected chi connectivity index (χ1v) is 25.5. The van der Waals surface area contributed by atoms with Gasteiger partial charge in [0.2, 0.25) is 15.8 Å². The number of fused-ring (bicyclic) bond motifs is 5. The predicted molar refractivity (Wildman–Crippen MR) is 264 cm³/mol. The van der Waals surface area contributed by atoms with Gasteiger partial charge in [-0.3, -0.25) is 28.8 Å². The average molecular weight is 1040 g/mol. The minimum Gasteiger partial charge on any atom is -0.512 e. The molecule has 0 spiro atoms. The maximum atomic E-state index is 14.7. The van der Waals surface area contributed by atoms with Gasteiger partial charge in [0.25, 0.3) is 11.8 Å². The molecule has 0 radical (unpaired) electrons. The van der Waals surface area contributed by atoms with Gasteiger partial charge >= 0.3 is 0 Å². The van der Waals surface area contributed by atoms with Crippen LogP contribution >= 0.6 is 0 Å². The summed E-state index contributed by atoms with van der Waals surface area (Å²) in [5, 5.41) is 70.6. The number of methoxy groups -OCH3 is 1. The molecule has 12 N–H and O–H groups in total. The molecule has 388 valence electrons. The highest BCUT2D eigenvalue weighted by Crippen LogP contribution is 2.53. The molecular formula is C53H54N4O16S. The number of ether oxygens (including phenoxy) is 2. The maximum absolute atomic E-state index is 14.7. The van der Waals surface area contributed by atoms with Crippen molar-refractivity contribution in [3.05, 3.63) is 121 Å². The van der Waals surface area contributed by atoms with E-state index in [-0.39, 0.29) is 105 Å². The topological polar surface area (TPSA) is 352 Å². The molecule has 0 saturated carbocycles. The number of hydrogen-bond donors (Lipinski definition) is 10. The summed E-state index contributed by atoms with van der Waals surface area (Å²) in [6.45, 7) is 1.58. The highest BCUT2D eigenvalue weighted by atomic mass is 32.2. The van der Waals surface area contributed by atoms with E-state index in [2.05, 4.69) is 21.9 Å². The van der Waals surface area contributed by atoms with Crippen molar-refractivity contribution in [1.29, 1.82) is 0 Å². The summed E-state index contributed by atoms with van der Waals surface area (Å²) >= 11 is 0. The zero-order chi connectivity index (χ0) is 53.7. The fraction of sp³-hybridized carbons (Fsp3) is 0.358. The van der Waals surface area contributed by atoms with Crippen LogP contribution < -0.4 is 26.2 Å². The Bertz CT molecular complexity index is 3290. The van der Waals surface area contributed by atoms with Gasteiger partial charge in [-0.1, -0.05) is 24.0 Å². The number of aliphatic hydroxyl groups is 4. The van der Waals surface area contributed by atoms with Crippen molar-refractivity contribution in [3.63, 3.8) is 0 Å². The van der Waals surface area contributed by atoms with Crippen molar-refractivity contribution < 1.29 is 77.3 Å². The molecular weight excluding hydrogens is 981 g/mol. The lowest BCUT2D eigenvalue weighted by molar-refractivity contribution is -0.147. The molecule has 0 fully saturated rings. The molecule has 20 nitrogen and oxygen atoms in total. The van der Waals surface area contributed by atoms with E-state index in [0.29, 0.717) is 39.1 Å². The molecule has 21 heteroatoms. The van der Waals surface area contributed by atoms with E-state index in [1.807, 2.05) is 6.07 Å². The molecule has 5 aliphatic rings. The van der Waals surface area contributed by atoms with E-state index in [9.17, 15) is 67.8 Å². The van der Waals surface area contributed by atoms with Crippen molar-refractivity contribution in [3.8, 4) is 40.2 Å². The number of aromatic hydroxyl groups is 2. The van der Waals surface area contributed by atoms with Crippen LogP contribution in [-0.4, -0.2) is 113 Å². The molecule has 0 saturated heterocycles. The Labute approximate surface area is 424 Å².